The van der Waals surface area contributed by atoms with Gasteiger partial charge in [-0.05, 0) is 24.7 Å². The van der Waals surface area contributed by atoms with Crippen LogP contribution in [-0.4, -0.2) is 23.4 Å². The van der Waals surface area contributed by atoms with Gasteiger partial charge in [-0.2, -0.15) is 5.10 Å². The van der Waals surface area contributed by atoms with Crippen molar-refractivity contribution in [3.8, 4) is 0 Å². The Bertz CT molecular complexity index is 535. The number of nitrogens with zero attached hydrogens (tertiary/aromatic N) is 1. The molecular formula is C23H38N2O2S. The van der Waals surface area contributed by atoms with Crippen molar-refractivity contribution >= 4 is 22.8 Å². The predicted molar refractivity (Wildman–Crippen MR) is 122 cm³/mol. The lowest BCUT2D eigenvalue weighted by atomic mass is 10.1. The largest absolute Gasteiger partial charge is 0.461 e. The number of hydrogen-bond donors (Lipinski definition) is 1. The first kappa shape index (κ1) is 24.5. The van der Waals surface area contributed by atoms with Gasteiger partial charge in [-0.15, -0.1) is 0 Å². The van der Waals surface area contributed by atoms with Crippen LogP contribution >= 0.6 is 11.8 Å². The average molecular weight is 407 g/mol. The molecular weight excluding hydrogens is 368 g/mol. The van der Waals surface area contributed by atoms with E-state index < -0.39 is 0 Å². The molecule has 0 fully saturated rings. The number of esters is 1. The van der Waals surface area contributed by atoms with Crippen LogP contribution in [0.3, 0.4) is 0 Å². The molecule has 5 heteroatoms. The van der Waals surface area contributed by atoms with Crippen molar-refractivity contribution in [3.05, 3.63) is 35.9 Å². The van der Waals surface area contributed by atoms with Gasteiger partial charge < -0.3 is 10.2 Å². The molecule has 28 heavy (non-hydrogen) atoms. The Morgan fingerprint density at radius 2 is 1.54 bits per heavy atom. The predicted octanol–water partition coefficient (Wildman–Crippen LogP) is 6.31. The van der Waals surface area contributed by atoms with Gasteiger partial charge >= 0.3 is 5.97 Å². The second-order valence-corrected chi connectivity index (χ2v) is 8.07. The number of ether oxygens (including phenoxy) is 1. The molecule has 1 rings (SSSR count). The van der Waals surface area contributed by atoms with Crippen molar-refractivity contribution in [3.63, 3.8) is 0 Å². The first-order valence-corrected chi connectivity index (χ1v) is 11.9. The molecule has 0 aliphatic rings. The van der Waals surface area contributed by atoms with Gasteiger partial charge in [0, 0.05) is 0 Å². The Balaban J connectivity index is 2.19. The zero-order valence-electron chi connectivity index (χ0n) is 17.8. The van der Waals surface area contributed by atoms with E-state index >= 15 is 0 Å². The van der Waals surface area contributed by atoms with Gasteiger partial charge in [-0.1, -0.05) is 107 Å². The summed E-state index contributed by atoms with van der Waals surface area (Å²) in [6.07, 6.45) is 13.1. The number of nitrogens with one attached hydrogen (secondary N) is 1. The standard InChI is InChI=1S/C23H38N2O2S/c1-3-5-6-7-8-9-10-11-12-16-19-28-22(23(26)27-4-2)25-24-20-21-17-14-13-15-18-21/h13-15,17-18,24H,3-12,16,19-20H2,1-2H3. The molecule has 0 heterocycles. The first-order chi connectivity index (χ1) is 13.8. The Kier molecular flexibility index (Phi) is 15.4. The van der Waals surface area contributed by atoms with Crippen molar-refractivity contribution < 1.29 is 9.53 Å². The molecule has 0 bridgehead atoms. The second kappa shape index (κ2) is 17.6. The number of thioether (sulfide) groups is 1. The van der Waals surface area contributed by atoms with Crippen molar-refractivity contribution in [2.24, 2.45) is 5.10 Å². The zero-order chi connectivity index (χ0) is 20.3. The maximum Gasteiger partial charge on any atom is 0.365 e. The first-order valence-electron chi connectivity index (χ1n) is 10.9. The summed E-state index contributed by atoms with van der Waals surface area (Å²) in [6.45, 7) is 5.05. The number of unbranched alkanes of at least 4 members (excludes halogenated alkanes) is 9. The highest BCUT2D eigenvalue weighted by atomic mass is 32.2. The minimum absolute atomic E-state index is 0.333. The number of hydrogen-bond acceptors (Lipinski definition) is 5. The monoisotopic (exact) mass is 406 g/mol. The minimum atomic E-state index is -0.333. The molecule has 0 amide bonds. The average Bonchev–Trinajstić information content (AvgIpc) is 2.71. The van der Waals surface area contributed by atoms with Crippen LogP contribution in [0.1, 0.15) is 83.6 Å². The lowest BCUT2D eigenvalue weighted by Gasteiger charge is -2.07. The zero-order valence-corrected chi connectivity index (χ0v) is 18.6. The number of carbonyl (C=O) groups excluding carboxylic acids is 1. The molecule has 0 aromatic heterocycles. The third kappa shape index (κ3) is 12.8. The van der Waals surface area contributed by atoms with Gasteiger partial charge in [-0.25, -0.2) is 4.79 Å². The summed E-state index contributed by atoms with van der Waals surface area (Å²) in [5, 5.41) is 4.70. The lowest BCUT2D eigenvalue weighted by Crippen LogP contribution is -2.19. The second-order valence-electron chi connectivity index (χ2n) is 6.99. The van der Waals surface area contributed by atoms with E-state index in [2.05, 4.69) is 17.5 Å². The van der Waals surface area contributed by atoms with Crippen molar-refractivity contribution in [1.82, 2.24) is 5.43 Å². The SMILES string of the molecule is CCCCCCCCCCCCSC(=NNCc1ccccc1)C(=O)OCC. The Morgan fingerprint density at radius 1 is 0.929 bits per heavy atom. The van der Waals surface area contributed by atoms with Crippen LogP contribution in [0.25, 0.3) is 0 Å². The number of rotatable bonds is 15. The third-order valence-electron chi connectivity index (χ3n) is 4.49. The topological polar surface area (TPSA) is 50.7 Å². The number of benzene rings is 1. The molecule has 1 N–H and O–H groups in total. The molecule has 0 atom stereocenters. The van der Waals surface area contributed by atoms with E-state index in [4.69, 9.17) is 4.74 Å². The Hall–Kier alpha value is -1.49. The molecule has 0 radical (unpaired) electrons. The molecule has 158 valence electrons. The van der Waals surface area contributed by atoms with Crippen molar-refractivity contribution in [2.75, 3.05) is 12.4 Å². The molecule has 0 spiro atoms. The normalized spacial score (nSPS) is 11.4. The van der Waals surface area contributed by atoms with Gasteiger partial charge in [0.15, 0.2) is 0 Å². The van der Waals surface area contributed by atoms with Crippen molar-refractivity contribution in [2.45, 2.75) is 84.6 Å². The van der Waals surface area contributed by atoms with E-state index in [1.54, 1.807) is 0 Å². The van der Waals surface area contributed by atoms with E-state index in [1.165, 1.54) is 69.5 Å². The molecule has 0 unspecified atom stereocenters. The van der Waals surface area contributed by atoms with Crippen LogP contribution < -0.4 is 5.43 Å². The van der Waals surface area contributed by atoms with Crippen LogP contribution in [0.5, 0.6) is 0 Å². The summed E-state index contributed by atoms with van der Waals surface area (Å²) < 4.78 is 5.13. The molecule has 4 nitrogen and oxygen atoms in total. The van der Waals surface area contributed by atoms with E-state index in [9.17, 15) is 4.79 Å². The highest BCUT2D eigenvalue weighted by molar-refractivity contribution is 8.15. The summed E-state index contributed by atoms with van der Waals surface area (Å²) in [6, 6.07) is 10.0. The van der Waals surface area contributed by atoms with Gasteiger partial charge in [0.2, 0.25) is 5.04 Å². The fourth-order valence-corrected chi connectivity index (χ4v) is 3.73. The lowest BCUT2D eigenvalue weighted by molar-refractivity contribution is -0.134. The third-order valence-corrected chi connectivity index (χ3v) is 5.52. The van der Waals surface area contributed by atoms with E-state index in [-0.39, 0.29) is 5.97 Å². The van der Waals surface area contributed by atoms with Gasteiger partial charge in [0.25, 0.3) is 0 Å². The summed E-state index contributed by atoms with van der Waals surface area (Å²) in [5.41, 5.74) is 4.13. The van der Waals surface area contributed by atoms with E-state index in [0.717, 1.165) is 17.7 Å². The highest BCUT2D eigenvalue weighted by Crippen LogP contribution is 2.14. The summed E-state index contributed by atoms with van der Waals surface area (Å²) in [7, 11) is 0. The molecule has 1 aromatic carbocycles. The van der Waals surface area contributed by atoms with Crippen LogP contribution in [0.4, 0.5) is 0 Å². The quantitative estimate of drug-likeness (QED) is 0.122. The van der Waals surface area contributed by atoms with Crippen LogP contribution in [-0.2, 0) is 16.1 Å². The summed E-state index contributed by atoms with van der Waals surface area (Å²) in [5.74, 6) is 0.571. The van der Waals surface area contributed by atoms with Gasteiger partial charge in [0.05, 0.1) is 13.2 Å². The fraction of sp³-hybridized carbons (Fsp3) is 0.652. The Labute approximate surface area is 175 Å². The molecule has 0 saturated heterocycles. The van der Waals surface area contributed by atoms with Gasteiger partial charge in [-0.3, -0.25) is 0 Å². The number of carbonyl (C=O) groups is 1. The van der Waals surface area contributed by atoms with Crippen LogP contribution in [0, 0.1) is 0 Å². The summed E-state index contributed by atoms with van der Waals surface area (Å²) >= 11 is 1.50. The molecule has 0 aliphatic carbocycles. The van der Waals surface area contributed by atoms with E-state index in [1.807, 2.05) is 37.3 Å². The van der Waals surface area contributed by atoms with Gasteiger partial charge in [0.1, 0.15) is 0 Å². The fourth-order valence-electron chi connectivity index (χ4n) is 2.89. The van der Waals surface area contributed by atoms with Crippen LogP contribution in [0.2, 0.25) is 0 Å². The molecule has 1 aromatic rings. The maximum atomic E-state index is 12.1. The number of hydrazone groups is 1. The maximum absolute atomic E-state index is 12.1. The highest BCUT2D eigenvalue weighted by Gasteiger charge is 2.13. The summed E-state index contributed by atoms with van der Waals surface area (Å²) in [4.78, 5) is 12.1. The van der Waals surface area contributed by atoms with E-state index in [0.29, 0.717) is 18.2 Å². The Morgan fingerprint density at radius 3 is 2.14 bits per heavy atom. The smallest absolute Gasteiger partial charge is 0.365 e. The molecule has 0 aliphatic heterocycles. The van der Waals surface area contributed by atoms with Crippen LogP contribution in [0.15, 0.2) is 35.4 Å². The minimum Gasteiger partial charge on any atom is -0.461 e. The molecule has 0 saturated carbocycles. The van der Waals surface area contributed by atoms with Crippen molar-refractivity contribution in [1.29, 1.82) is 0 Å².